The second-order valence-electron chi connectivity index (χ2n) is 7.37. The highest BCUT2D eigenvalue weighted by Crippen LogP contribution is 2.29. The van der Waals surface area contributed by atoms with E-state index in [1.54, 1.807) is 28.8 Å². The number of aliphatic hydroxyl groups is 1. The van der Waals surface area contributed by atoms with Gasteiger partial charge < -0.3 is 10.0 Å². The molecule has 2 aromatic rings. The second-order valence-corrected chi connectivity index (χ2v) is 7.78. The number of amides is 1. The smallest absolute Gasteiger partial charge is 0.255 e. The number of halogens is 1. The van der Waals surface area contributed by atoms with Crippen LogP contribution >= 0.6 is 11.6 Å². The van der Waals surface area contributed by atoms with Crippen LogP contribution in [0, 0.1) is 0 Å². The van der Waals surface area contributed by atoms with Gasteiger partial charge in [0.25, 0.3) is 5.91 Å². The normalized spacial score (nSPS) is 16.9. The quantitative estimate of drug-likeness (QED) is 0.824. The molecule has 1 aromatic carbocycles. The van der Waals surface area contributed by atoms with E-state index in [0.29, 0.717) is 17.1 Å². The number of carbonyl (C=O) groups is 1. The number of aromatic nitrogens is 2. The molecular weight excluding hydrogens is 350 g/mol. The van der Waals surface area contributed by atoms with Crippen LogP contribution in [-0.4, -0.2) is 44.9 Å². The van der Waals surface area contributed by atoms with Crippen LogP contribution in [0.1, 0.15) is 48.9 Å². The Morgan fingerprint density at radius 2 is 1.96 bits per heavy atom. The number of carbonyl (C=O) groups excluding carboxylic acids is 1. The van der Waals surface area contributed by atoms with E-state index in [-0.39, 0.29) is 5.91 Å². The lowest BCUT2D eigenvalue weighted by Crippen LogP contribution is -2.43. The van der Waals surface area contributed by atoms with E-state index in [2.05, 4.69) is 5.10 Å². The number of benzene rings is 1. The third-order valence-corrected chi connectivity index (χ3v) is 5.45. The molecule has 3 rings (SSSR count). The first-order chi connectivity index (χ1) is 12.4. The van der Waals surface area contributed by atoms with Crippen molar-refractivity contribution in [2.24, 2.45) is 7.05 Å². The zero-order valence-corrected chi connectivity index (χ0v) is 16.2. The predicted molar refractivity (Wildman–Crippen MR) is 103 cm³/mol. The van der Waals surface area contributed by atoms with Crippen molar-refractivity contribution in [2.45, 2.75) is 44.1 Å². The fourth-order valence-electron chi connectivity index (χ4n) is 3.68. The zero-order valence-electron chi connectivity index (χ0n) is 15.4. The fraction of sp³-hybridized carbons (Fsp3) is 0.500. The number of hydrogen-bond acceptors (Lipinski definition) is 3. The fourth-order valence-corrected chi connectivity index (χ4v) is 3.88. The molecule has 0 bridgehead atoms. The van der Waals surface area contributed by atoms with E-state index in [4.69, 9.17) is 11.6 Å². The van der Waals surface area contributed by atoms with Gasteiger partial charge in [-0.25, -0.2) is 0 Å². The highest BCUT2D eigenvalue weighted by Gasteiger charge is 2.31. The Morgan fingerprint density at radius 3 is 2.58 bits per heavy atom. The molecule has 5 nitrogen and oxygen atoms in total. The minimum Gasteiger partial charge on any atom is -0.388 e. The average molecular weight is 376 g/mol. The average Bonchev–Trinajstić information content (AvgIpc) is 2.92. The summed E-state index contributed by atoms with van der Waals surface area (Å²) in [5, 5.41) is 15.7. The molecule has 0 radical (unpaired) electrons. The molecule has 1 aromatic heterocycles. The Morgan fingerprint density at radius 1 is 1.27 bits per heavy atom. The number of hydrogen-bond donors (Lipinski definition) is 1. The number of aryl methyl sites for hydroxylation is 1. The molecule has 1 amide bonds. The van der Waals surface area contributed by atoms with Gasteiger partial charge in [-0.2, -0.15) is 5.10 Å². The van der Waals surface area contributed by atoms with Crippen molar-refractivity contribution in [3.63, 3.8) is 0 Å². The Kier molecular flexibility index (Phi) is 5.68. The monoisotopic (exact) mass is 375 g/mol. The molecule has 1 saturated carbocycles. The molecule has 0 saturated heterocycles. The first-order valence-electron chi connectivity index (χ1n) is 9.15. The molecule has 26 heavy (non-hydrogen) atoms. The molecule has 1 N–H and O–H groups in total. The van der Waals surface area contributed by atoms with Gasteiger partial charge in [0.15, 0.2) is 0 Å². The van der Waals surface area contributed by atoms with Crippen molar-refractivity contribution in [2.75, 3.05) is 13.6 Å². The van der Waals surface area contributed by atoms with Gasteiger partial charge in [-0.05, 0) is 31.0 Å². The molecule has 0 unspecified atom stereocenters. The van der Waals surface area contributed by atoms with Crippen LogP contribution in [0.25, 0.3) is 11.3 Å². The van der Waals surface area contributed by atoms with Gasteiger partial charge in [0.1, 0.15) is 0 Å². The second kappa shape index (κ2) is 7.80. The minimum absolute atomic E-state index is 0.176. The first kappa shape index (κ1) is 18.9. The van der Waals surface area contributed by atoms with Gasteiger partial charge in [0.05, 0.1) is 21.9 Å². The highest BCUT2D eigenvalue weighted by atomic mass is 35.5. The van der Waals surface area contributed by atoms with Crippen LogP contribution in [0.2, 0.25) is 5.02 Å². The summed E-state index contributed by atoms with van der Waals surface area (Å²) >= 11 is 6.30. The SMILES string of the molecule is CN(CC1(O)CCCCCC1)C(=O)c1cc(-c2ccn(C)n2)ccc1Cl. The predicted octanol–water partition coefficient (Wildman–Crippen LogP) is 3.90. The van der Waals surface area contributed by atoms with Gasteiger partial charge >= 0.3 is 0 Å². The van der Waals surface area contributed by atoms with Gasteiger partial charge in [0.2, 0.25) is 0 Å². The zero-order chi connectivity index (χ0) is 18.7. The van der Waals surface area contributed by atoms with E-state index < -0.39 is 5.60 Å². The summed E-state index contributed by atoms with van der Waals surface area (Å²) in [6.45, 7) is 0.329. The van der Waals surface area contributed by atoms with Crippen LogP contribution in [0.4, 0.5) is 0 Å². The van der Waals surface area contributed by atoms with Crippen molar-refractivity contribution in [1.29, 1.82) is 0 Å². The summed E-state index contributed by atoms with van der Waals surface area (Å²) in [7, 11) is 3.58. The molecular formula is C20H26ClN3O2. The third kappa shape index (κ3) is 4.27. The lowest BCUT2D eigenvalue weighted by atomic mass is 9.93. The van der Waals surface area contributed by atoms with Gasteiger partial charge in [-0.15, -0.1) is 0 Å². The molecule has 0 aliphatic heterocycles. The van der Waals surface area contributed by atoms with Gasteiger partial charge in [-0.3, -0.25) is 9.48 Å². The standard InChI is InChI=1S/C20H26ClN3O2/c1-23(14-20(26)10-5-3-4-6-11-20)19(25)16-13-15(7-8-17(16)21)18-9-12-24(2)22-18/h7-9,12-13,26H,3-6,10-11,14H2,1-2H3. The summed E-state index contributed by atoms with van der Waals surface area (Å²) in [6.07, 6.45) is 7.66. The Bertz CT molecular complexity index is 779. The van der Waals surface area contributed by atoms with Crippen LogP contribution in [0.15, 0.2) is 30.5 Å². The van der Waals surface area contributed by atoms with Crippen LogP contribution in [0.5, 0.6) is 0 Å². The van der Waals surface area contributed by atoms with E-state index >= 15 is 0 Å². The van der Waals surface area contributed by atoms with Crippen LogP contribution in [-0.2, 0) is 7.05 Å². The first-order valence-corrected chi connectivity index (χ1v) is 9.53. The van der Waals surface area contributed by atoms with Crippen molar-refractivity contribution >= 4 is 17.5 Å². The van der Waals surface area contributed by atoms with Crippen molar-refractivity contribution in [1.82, 2.24) is 14.7 Å². The molecule has 1 aliphatic carbocycles. The van der Waals surface area contributed by atoms with Crippen molar-refractivity contribution in [3.8, 4) is 11.3 Å². The van der Waals surface area contributed by atoms with Crippen LogP contribution in [0.3, 0.4) is 0 Å². The Labute approximate surface area is 159 Å². The maximum absolute atomic E-state index is 13.0. The number of likely N-dealkylation sites (N-methyl/N-ethyl adjacent to an activating group) is 1. The lowest BCUT2D eigenvalue weighted by Gasteiger charge is -2.32. The Balaban J connectivity index is 1.80. The molecule has 6 heteroatoms. The summed E-state index contributed by atoms with van der Waals surface area (Å²) < 4.78 is 1.72. The largest absolute Gasteiger partial charge is 0.388 e. The number of nitrogens with zero attached hydrogens (tertiary/aromatic N) is 3. The molecule has 1 heterocycles. The maximum Gasteiger partial charge on any atom is 0.255 e. The van der Waals surface area contributed by atoms with E-state index in [0.717, 1.165) is 49.8 Å². The molecule has 1 fully saturated rings. The molecule has 1 aliphatic rings. The molecule has 140 valence electrons. The van der Waals surface area contributed by atoms with E-state index in [9.17, 15) is 9.90 Å². The van der Waals surface area contributed by atoms with E-state index in [1.165, 1.54) is 0 Å². The number of rotatable bonds is 4. The van der Waals surface area contributed by atoms with Gasteiger partial charge in [0, 0.05) is 32.4 Å². The maximum atomic E-state index is 13.0. The molecule has 0 spiro atoms. The van der Waals surface area contributed by atoms with Crippen molar-refractivity contribution in [3.05, 3.63) is 41.0 Å². The summed E-state index contributed by atoms with van der Waals surface area (Å²) in [5.41, 5.74) is 1.28. The van der Waals surface area contributed by atoms with Crippen molar-refractivity contribution < 1.29 is 9.90 Å². The summed E-state index contributed by atoms with van der Waals surface area (Å²) in [4.78, 5) is 14.6. The Hall–Kier alpha value is -1.85. The topological polar surface area (TPSA) is 58.4 Å². The van der Waals surface area contributed by atoms with E-state index in [1.807, 2.05) is 25.4 Å². The minimum atomic E-state index is -0.800. The highest BCUT2D eigenvalue weighted by molar-refractivity contribution is 6.34. The summed E-state index contributed by atoms with van der Waals surface area (Å²) in [5.74, 6) is -0.176. The third-order valence-electron chi connectivity index (χ3n) is 5.12. The van der Waals surface area contributed by atoms with Gasteiger partial charge in [-0.1, -0.05) is 43.4 Å². The lowest BCUT2D eigenvalue weighted by molar-refractivity contribution is -0.00138. The summed E-state index contributed by atoms with van der Waals surface area (Å²) in [6, 6.07) is 7.27. The van der Waals surface area contributed by atoms with Crippen LogP contribution < -0.4 is 0 Å². The molecule has 0 atom stereocenters.